The van der Waals surface area contributed by atoms with E-state index < -0.39 is 27.7 Å². The van der Waals surface area contributed by atoms with Crippen LogP contribution in [0.5, 0.6) is 0 Å². The Morgan fingerprint density at radius 1 is 1.31 bits per heavy atom. The molecule has 90 valence electrons. The molecule has 0 unspecified atom stereocenters. The van der Waals surface area contributed by atoms with Crippen molar-refractivity contribution < 1.29 is 13.5 Å². The maximum Gasteiger partial charge on any atom is 0.157 e. The zero-order chi connectivity index (χ0) is 12.2. The Bertz CT molecular complexity index is 416. The number of nitrogens with two attached hydrogens (primary N) is 1. The fourth-order valence-electron chi connectivity index (χ4n) is 1.55. The second kappa shape index (κ2) is 5.43. The van der Waals surface area contributed by atoms with E-state index in [-0.39, 0.29) is 5.75 Å². The molecule has 0 aliphatic carbocycles. The van der Waals surface area contributed by atoms with Crippen LogP contribution in [0.2, 0.25) is 0 Å². The van der Waals surface area contributed by atoms with Crippen molar-refractivity contribution in [1.82, 2.24) is 0 Å². The van der Waals surface area contributed by atoms with E-state index in [1.807, 2.05) is 6.07 Å². The summed E-state index contributed by atoms with van der Waals surface area (Å²) in [6, 6.07) is 8.26. The van der Waals surface area contributed by atoms with Crippen molar-refractivity contribution in [2.45, 2.75) is 18.2 Å². The highest BCUT2D eigenvalue weighted by molar-refractivity contribution is 7.92. The average molecular weight is 243 g/mol. The number of hydrogen-bond acceptors (Lipinski definition) is 4. The fraction of sp³-hybridized carbons (Fsp3) is 0.455. The smallest absolute Gasteiger partial charge is 0.157 e. The molecule has 0 aliphatic rings. The first-order valence-corrected chi connectivity index (χ1v) is 6.87. The Kier molecular flexibility index (Phi) is 4.46. The van der Waals surface area contributed by atoms with Gasteiger partial charge in [0.2, 0.25) is 0 Å². The molecule has 2 atom stereocenters. The largest absolute Gasteiger partial charge is 0.395 e. The summed E-state index contributed by atoms with van der Waals surface area (Å²) in [5.74, 6) is -0.0151. The van der Waals surface area contributed by atoms with Crippen molar-refractivity contribution in [3.63, 3.8) is 0 Å². The molecule has 4 nitrogen and oxygen atoms in total. The number of sulfone groups is 1. The molecule has 0 fully saturated rings. The first kappa shape index (κ1) is 13.2. The molecular formula is C11H17NO3S. The summed E-state index contributed by atoms with van der Waals surface area (Å²) in [6.45, 7) is 1.10. The van der Waals surface area contributed by atoms with E-state index in [9.17, 15) is 8.42 Å². The summed E-state index contributed by atoms with van der Waals surface area (Å²) in [4.78, 5) is 0. The van der Waals surface area contributed by atoms with Crippen molar-refractivity contribution in [2.24, 2.45) is 5.73 Å². The Morgan fingerprint density at radius 3 is 2.31 bits per heavy atom. The van der Waals surface area contributed by atoms with Gasteiger partial charge in [0, 0.05) is 11.8 Å². The van der Waals surface area contributed by atoms with Gasteiger partial charge in [0.15, 0.2) is 9.84 Å². The lowest BCUT2D eigenvalue weighted by molar-refractivity contribution is 0.277. The molecule has 1 aromatic carbocycles. The van der Waals surface area contributed by atoms with E-state index in [4.69, 9.17) is 10.8 Å². The number of rotatable bonds is 5. The van der Waals surface area contributed by atoms with Crippen LogP contribution in [0.3, 0.4) is 0 Å². The second-order valence-electron chi connectivity index (χ2n) is 3.61. The molecule has 1 rings (SSSR count). The summed E-state index contributed by atoms with van der Waals surface area (Å²) in [5, 5.41) is 8.23. The Morgan fingerprint density at radius 2 is 1.88 bits per heavy atom. The SMILES string of the molecule is CCS(=O)(=O)[C@H](CO)[C@H](N)c1ccccc1. The van der Waals surface area contributed by atoms with E-state index in [0.29, 0.717) is 0 Å². The van der Waals surface area contributed by atoms with Gasteiger partial charge in [-0.2, -0.15) is 0 Å². The van der Waals surface area contributed by atoms with Crippen LogP contribution in [0, 0.1) is 0 Å². The third-order valence-corrected chi connectivity index (χ3v) is 4.80. The van der Waals surface area contributed by atoms with Crippen LogP contribution < -0.4 is 5.73 Å². The van der Waals surface area contributed by atoms with Gasteiger partial charge in [0.05, 0.1) is 6.61 Å². The van der Waals surface area contributed by atoms with Crippen LogP contribution in [0.4, 0.5) is 0 Å². The molecule has 0 amide bonds. The minimum atomic E-state index is -3.33. The first-order valence-electron chi connectivity index (χ1n) is 5.16. The molecule has 0 radical (unpaired) electrons. The minimum Gasteiger partial charge on any atom is -0.395 e. The highest BCUT2D eigenvalue weighted by Gasteiger charge is 2.30. The zero-order valence-corrected chi connectivity index (χ0v) is 10.0. The van der Waals surface area contributed by atoms with Gasteiger partial charge in [0.1, 0.15) is 5.25 Å². The lowest BCUT2D eigenvalue weighted by Crippen LogP contribution is -2.37. The summed E-state index contributed by atoms with van der Waals surface area (Å²) < 4.78 is 23.4. The fourth-order valence-corrected chi connectivity index (χ4v) is 2.81. The molecule has 0 bridgehead atoms. The van der Waals surface area contributed by atoms with Gasteiger partial charge in [-0.3, -0.25) is 0 Å². The maximum atomic E-state index is 11.7. The van der Waals surface area contributed by atoms with E-state index in [0.717, 1.165) is 5.56 Å². The number of aliphatic hydroxyl groups is 1. The van der Waals surface area contributed by atoms with Gasteiger partial charge >= 0.3 is 0 Å². The van der Waals surface area contributed by atoms with Crippen molar-refractivity contribution in [3.05, 3.63) is 35.9 Å². The van der Waals surface area contributed by atoms with Gasteiger partial charge in [-0.25, -0.2) is 8.42 Å². The molecular weight excluding hydrogens is 226 g/mol. The topological polar surface area (TPSA) is 80.4 Å². The molecule has 1 aromatic rings. The van der Waals surface area contributed by atoms with Crippen LogP contribution in [0.1, 0.15) is 18.5 Å². The minimum absolute atomic E-state index is 0.0151. The summed E-state index contributed by atoms with van der Waals surface area (Å²) in [7, 11) is -3.33. The van der Waals surface area contributed by atoms with Crippen LogP contribution in [0.15, 0.2) is 30.3 Å². The number of benzene rings is 1. The normalized spacial score (nSPS) is 15.7. The zero-order valence-electron chi connectivity index (χ0n) is 9.20. The lowest BCUT2D eigenvalue weighted by atomic mass is 10.1. The van der Waals surface area contributed by atoms with E-state index in [2.05, 4.69) is 0 Å². The number of hydrogen-bond donors (Lipinski definition) is 2. The number of aliphatic hydroxyl groups excluding tert-OH is 1. The summed E-state index contributed by atoms with van der Waals surface area (Å²) >= 11 is 0. The predicted octanol–water partition coefficient (Wildman–Crippen LogP) is 0.482. The quantitative estimate of drug-likeness (QED) is 0.788. The molecule has 0 spiro atoms. The maximum absolute atomic E-state index is 11.7. The molecule has 0 saturated carbocycles. The van der Waals surface area contributed by atoms with Gasteiger partial charge in [-0.05, 0) is 5.56 Å². The molecule has 0 aliphatic heterocycles. The first-order chi connectivity index (χ1) is 7.53. The summed E-state index contributed by atoms with van der Waals surface area (Å²) in [5.41, 5.74) is 6.59. The molecule has 16 heavy (non-hydrogen) atoms. The van der Waals surface area contributed by atoms with Crippen molar-refractivity contribution in [1.29, 1.82) is 0 Å². The monoisotopic (exact) mass is 243 g/mol. The van der Waals surface area contributed by atoms with E-state index in [1.165, 1.54) is 0 Å². The van der Waals surface area contributed by atoms with Gasteiger partial charge in [0.25, 0.3) is 0 Å². The van der Waals surface area contributed by atoms with Crippen molar-refractivity contribution >= 4 is 9.84 Å². The predicted molar refractivity (Wildman–Crippen MR) is 63.7 cm³/mol. The molecule has 0 saturated heterocycles. The summed E-state index contributed by atoms with van der Waals surface area (Å²) in [6.07, 6.45) is 0. The molecule has 3 N–H and O–H groups in total. The van der Waals surface area contributed by atoms with Gasteiger partial charge in [-0.1, -0.05) is 37.3 Å². The van der Waals surface area contributed by atoms with Crippen molar-refractivity contribution in [3.8, 4) is 0 Å². The van der Waals surface area contributed by atoms with Gasteiger partial charge in [-0.15, -0.1) is 0 Å². The highest BCUT2D eigenvalue weighted by atomic mass is 32.2. The average Bonchev–Trinajstić information content (AvgIpc) is 2.30. The van der Waals surface area contributed by atoms with E-state index >= 15 is 0 Å². The lowest BCUT2D eigenvalue weighted by Gasteiger charge is -2.21. The van der Waals surface area contributed by atoms with Crippen LogP contribution in [-0.2, 0) is 9.84 Å². The second-order valence-corrected chi connectivity index (χ2v) is 6.12. The van der Waals surface area contributed by atoms with Crippen LogP contribution in [-0.4, -0.2) is 31.1 Å². The molecule has 5 heteroatoms. The Labute approximate surface area is 96.0 Å². The Balaban J connectivity index is 2.99. The standard InChI is InChI=1S/C11H17NO3S/c1-2-16(14,15)10(8-13)11(12)9-6-4-3-5-7-9/h3-7,10-11,13H,2,8,12H2,1H3/t10-,11-/m1/s1. The van der Waals surface area contributed by atoms with Gasteiger partial charge < -0.3 is 10.8 Å². The van der Waals surface area contributed by atoms with Crippen molar-refractivity contribution in [2.75, 3.05) is 12.4 Å². The molecule has 0 aromatic heterocycles. The van der Waals surface area contributed by atoms with Crippen LogP contribution >= 0.6 is 0 Å². The third kappa shape index (κ3) is 2.81. The van der Waals surface area contributed by atoms with Crippen LogP contribution in [0.25, 0.3) is 0 Å². The molecule has 0 heterocycles. The third-order valence-electron chi connectivity index (χ3n) is 2.63. The van der Waals surface area contributed by atoms with E-state index in [1.54, 1.807) is 31.2 Å². The highest BCUT2D eigenvalue weighted by Crippen LogP contribution is 2.19. The Hall–Kier alpha value is -0.910.